The first-order chi connectivity index (χ1) is 13.1. The molecule has 0 saturated carbocycles. The molecule has 8 heteroatoms. The molecular weight excluding hydrogens is 489 g/mol. The molecule has 4 N–H and O–H groups in total. The number of nitrogens with zero attached hydrogens (tertiary/aromatic N) is 2. The average Bonchev–Trinajstić information content (AvgIpc) is 2.67. The lowest BCUT2D eigenvalue weighted by molar-refractivity contribution is -0.123. The predicted octanol–water partition coefficient (Wildman–Crippen LogP) is 2.64. The summed E-state index contributed by atoms with van der Waals surface area (Å²) >= 11 is 6.20. The highest BCUT2D eigenvalue weighted by atomic mass is 127. The number of halogens is 2. The molecule has 1 saturated heterocycles. The number of aliphatic imine (C=N–C) groups is 1. The van der Waals surface area contributed by atoms with Crippen LogP contribution in [0.4, 0.5) is 0 Å². The first-order valence-corrected chi connectivity index (χ1v) is 10.2. The van der Waals surface area contributed by atoms with Crippen LogP contribution in [0, 0.1) is 5.92 Å². The van der Waals surface area contributed by atoms with E-state index < -0.39 is 0 Å². The Balaban J connectivity index is 0.00000392. The molecule has 1 aliphatic heterocycles. The Labute approximate surface area is 190 Å². The molecule has 1 atom stereocenters. The van der Waals surface area contributed by atoms with E-state index in [1.807, 2.05) is 24.3 Å². The van der Waals surface area contributed by atoms with Gasteiger partial charge in [0.1, 0.15) is 0 Å². The highest BCUT2D eigenvalue weighted by Crippen LogP contribution is 2.16. The summed E-state index contributed by atoms with van der Waals surface area (Å²) < 4.78 is 0. The average molecular weight is 522 g/mol. The largest absolute Gasteiger partial charge is 0.369 e. The molecule has 1 aromatic carbocycles. The van der Waals surface area contributed by atoms with Gasteiger partial charge in [0.05, 0.1) is 5.92 Å². The van der Waals surface area contributed by atoms with E-state index in [1.54, 1.807) is 0 Å². The van der Waals surface area contributed by atoms with Crippen molar-refractivity contribution in [3.63, 3.8) is 0 Å². The third-order valence-electron chi connectivity index (χ3n) is 4.80. The molecule has 1 aliphatic rings. The van der Waals surface area contributed by atoms with Crippen LogP contribution in [0.25, 0.3) is 0 Å². The summed E-state index contributed by atoms with van der Waals surface area (Å²) in [6.45, 7) is 7.19. The van der Waals surface area contributed by atoms with Crippen LogP contribution in [0.1, 0.15) is 31.7 Å². The number of likely N-dealkylation sites (tertiary alicyclic amines) is 1. The summed E-state index contributed by atoms with van der Waals surface area (Å²) in [5, 5.41) is 7.44. The molecule has 2 rings (SSSR count). The Morgan fingerprint density at radius 1 is 1.36 bits per heavy atom. The van der Waals surface area contributed by atoms with Crippen molar-refractivity contribution in [2.75, 3.05) is 39.3 Å². The molecule has 0 radical (unpaired) electrons. The van der Waals surface area contributed by atoms with Gasteiger partial charge in [0.2, 0.25) is 5.91 Å². The molecular formula is C20H33ClIN5O. The minimum Gasteiger partial charge on any atom is -0.369 e. The third-order valence-corrected chi connectivity index (χ3v) is 5.17. The zero-order valence-corrected chi connectivity index (χ0v) is 19.7. The molecule has 1 aromatic rings. The minimum absolute atomic E-state index is 0. The number of carbonyl (C=O) groups is 1. The lowest BCUT2D eigenvalue weighted by Gasteiger charge is -2.30. The molecule has 1 heterocycles. The lowest BCUT2D eigenvalue weighted by Crippen LogP contribution is -2.41. The second-order valence-electron chi connectivity index (χ2n) is 6.92. The molecule has 0 spiro atoms. The van der Waals surface area contributed by atoms with Gasteiger partial charge >= 0.3 is 0 Å². The number of carbonyl (C=O) groups excluding carboxylic acids is 1. The fourth-order valence-corrected chi connectivity index (χ4v) is 3.56. The molecule has 28 heavy (non-hydrogen) atoms. The van der Waals surface area contributed by atoms with Gasteiger partial charge in [-0.05, 0) is 57.3 Å². The Morgan fingerprint density at radius 2 is 2.14 bits per heavy atom. The number of hydrogen-bond acceptors (Lipinski definition) is 3. The molecule has 1 unspecified atom stereocenters. The maximum absolute atomic E-state index is 11.4. The second-order valence-corrected chi connectivity index (χ2v) is 7.33. The zero-order valence-electron chi connectivity index (χ0n) is 16.6. The normalized spacial score (nSPS) is 17.6. The van der Waals surface area contributed by atoms with Crippen LogP contribution in [0.5, 0.6) is 0 Å². The molecule has 158 valence electrons. The SMILES string of the molecule is CCNC(=NCCCN1CCCC(C(N)=O)C1)NCCc1ccccc1Cl.I. The fraction of sp³-hybridized carbons (Fsp3) is 0.600. The minimum atomic E-state index is -0.171. The number of amides is 1. The summed E-state index contributed by atoms with van der Waals surface area (Å²) in [7, 11) is 0. The Morgan fingerprint density at radius 3 is 2.86 bits per heavy atom. The maximum atomic E-state index is 11.4. The van der Waals surface area contributed by atoms with Gasteiger partial charge in [-0.15, -0.1) is 24.0 Å². The van der Waals surface area contributed by atoms with Gasteiger partial charge in [0, 0.05) is 31.2 Å². The van der Waals surface area contributed by atoms with Crippen molar-refractivity contribution in [1.82, 2.24) is 15.5 Å². The van der Waals surface area contributed by atoms with Gasteiger partial charge in [0.15, 0.2) is 5.96 Å². The molecule has 1 amide bonds. The summed E-state index contributed by atoms with van der Waals surface area (Å²) in [5.74, 6) is 0.666. The van der Waals surface area contributed by atoms with Gasteiger partial charge in [-0.1, -0.05) is 29.8 Å². The van der Waals surface area contributed by atoms with Gasteiger partial charge in [-0.3, -0.25) is 9.79 Å². The Bertz CT molecular complexity index is 628. The summed E-state index contributed by atoms with van der Waals surface area (Å²) in [4.78, 5) is 18.3. The van der Waals surface area contributed by atoms with Crippen LogP contribution in [-0.2, 0) is 11.2 Å². The first kappa shape index (κ1) is 25.0. The summed E-state index contributed by atoms with van der Waals surface area (Å²) in [6.07, 6.45) is 3.78. The first-order valence-electron chi connectivity index (χ1n) is 9.87. The maximum Gasteiger partial charge on any atom is 0.221 e. The molecule has 1 fully saturated rings. The number of primary amides is 1. The summed E-state index contributed by atoms with van der Waals surface area (Å²) in [6, 6.07) is 7.91. The van der Waals surface area contributed by atoms with Crippen molar-refractivity contribution in [2.24, 2.45) is 16.6 Å². The third kappa shape index (κ3) is 8.96. The fourth-order valence-electron chi connectivity index (χ4n) is 3.33. The van der Waals surface area contributed by atoms with Gasteiger partial charge < -0.3 is 21.3 Å². The van der Waals surface area contributed by atoms with E-state index in [1.165, 1.54) is 0 Å². The van der Waals surface area contributed by atoms with Crippen LogP contribution >= 0.6 is 35.6 Å². The van der Waals surface area contributed by atoms with Gasteiger partial charge in [-0.2, -0.15) is 0 Å². The topological polar surface area (TPSA) is 82.8 Å². The number of piperidine rings is 1. The van der Waals surface area contributed by atoms with Crippen molar-refractivity contribution >= 4 is 47.4 Å². The van der Waals surface area contributed by atoms with E-state index in [0.29, 0.717) is 0 Å². The van der Waals surface area contributed by atoms with E-state index in [0.717, 1.165) is 81.5 Å². The standard InChI is InChI=1S/C20H32ClN5O.HI/c1-2-23-20(25-12-10-16-7-3-4-9-18(16)21)24-11-6-14-26-13-5-8-17(15-26)19(22)27;/h3-4,7,9,17H,2,5-6,8,10-15H2,1H3,(H2,22,27)(H2,23,24,25);1H. The van der Waals surface area contributed by atoms with Crippen molar-refractivity contribution in [1.29, 1.82) is 0 Å². The Kier molecular flexibility index (Phi) is 12.5. The second kappa shape index (κ2) is 14.0. The smallest absolute Gasteiger partial charge is 0.221 e. The molecule has 0 aromatic heterocycles. The van der Waals surface area contributed by atoms with Crippen LogP contribution in [-0.4, -0.2) is 56.0 Å². The van der Waals surface area contributed by atoms with Gasteiger partial charge in [-0.25, -0.2) is 0 Å². The Hall–Kier alpha value is -1.06. The number of benzene rings is 1. The van der Waals surface area contributed by atoms with E-state index in [9.17, 15) is 4.79 Å². The van der Waals surface area contributed by atoms with Crippen molar-refractivity contribution in [2.45, 2.75) is 32.6 Å². The number of hydrogen-bond donors (Lipinski definition) is 3. The van der Waals surface area contributed by atoms with E-state index in [2.05, 4.69) is 27.4 Å². The molecule has 0 aliphatic carbocycles. The summed E-state index contributed by atoms with van der Waals surface area (Å²) in [5.41, 5.74) is 6.58. The molecule has 6 nitrogen and oxygen atoms in total. The van der Waals surface area contributed by atoms with Crippen LogP contribution in [0.3, 0.4) is 0 Å². The van der Waals surface area contributed by atoms with Gasteiger partial charge in [0.25, 0.3) is 0 Å². The van der Waals surface area contributed by atoms with Crippen molar-refractivity contribution < 1.29 is 4.79 Å². The number of nitrogens with one attached hydrogen (secondary N) is 2. The molecule has 0 bridgehead atoms. The highest BCUT2D eigenvalue weighted by Gasteiger charge is 2.23. The quantitative estimate of drug-likeness (QED) is 0.202. The monoisotopic (exact) mass is 521 g/mol. The lowest BCUT2D eigenvalue weighted by atomic mass is 9.97. The number of nitrogens with two attached hydrogens (primary N) is 1. The zero-order chi connectivity index (χ0) is 19.5. The van der Waals surface area contributed by atoms with Crippen molar-refractivity contribution in [3.05, 3.63) is 34.9 Å². The van der Waals surface area contributed by atoms with E-state index in [-0.39, 0.29) is 35.8 Å². The highest BCUT2D eigenvalue weighted by molar-refractivity contribution is 14.0. The van der Waals surface area contributed by atoms with E-state index in [4.69, 9.17) is 17.3 Å². The van der Waals surface area contributed by atoms with Crippen LogP contribution in [0.2, 0.25) is 5.02 Å². The van der Waals surface area contributed by atoms with Crippen LogP contribution in [0.15, 0.2) is 29.3 Å². The van der Waals surface area contributed by atoms with Crippen molar-refractivity contribution in [3.8, 4) is 0 Å². The predicted molar refractivity (Wildman–Crippen MR) is 128 cm³/mol. The van der Waals surface area contributed by atoms with E-state index >= 15 is 0 Å². The number of rotatable bonds is 9. The van der Waals surface area contributed by atoms with Crippen LogP contribution < -0.4 is 16.4 Å². The number of guanidine groups is 1.